The molecule has 0 spiro atoms. The number of rotatable bonds is 2. The summed E-state index contributed by atoms with van der Waals surface area (Å²) < 4.78 is 4.60. The van der Waals surface area contributed by atoms with E-state index in [1.54, 1.807) is 0 Å². The molecule has 16 heavy (non-hydrogen) atoms. The zero-order valence-corrected chi connectivity index (χ0v) is 9.41. The van der Waals surface area contributed by atoms with Crippen molar-refractivity contribution in [3.63, 3.8) is 0 Å². The third kappa shape index (κ3) is 1.64. The van der Waals surface area contributed by atoms with Gasteiger partial charge in [-0.15, -0.1) is 0 Å². The maximum Gasteiger partial charge on any atom is 0.407 e. The lowest BCUT2D eigenvalue weighted by molar-refractivity contribution is -0.156. The molecule has 0 aromatic heterocycles. The fourth-order valence-corrected chi connectivity index (χ4v) is 2.96. The van der Waals surface area contributed by atoms with Crippen LogP contribution in [0.2, 0.25) is 0 Å². The molecule has 90 valence electrons. The molecule has 2 bridgehead atoms. The first-order valence-electron chi connectivity index (χ1n) is 5.62. The van der Waals surface area contributed by atoms with Crippen LogP contribution >= 0.6 is 0 Å². The van der Waals surface area contributed by atoms with Crippen molar-refractivity contribution in [2.24, 2.45) is 5.41 Å². The fraction of sp³-hybridized carbons (Fsp3) is 0.818. The van der Waals surface area contributed by atoms with Gasteiger partial charge in [0.25, 0.3) is 0 Å². The lowest BCUT2D eigenvalue weighted by Crippen LogP contribution is -2.58. The van der Waals surface area contributed by atoms with E-state index in [1.165, 1.54) is 7.11 Å². The molecule has 3 aliphatic rings. The van der Waals surface area contributed by atoms with Gasteiger partial charge in [0.2, 0.25) is 0 Å². The molecule has 2 N–H and O–H groups in total. The lowest BCUT2D eigenvalue weighted by Gasteiger charge is -2.51. The van der Waals surface area contributed by atoms with E-state index in [9.17, 15) is 14.7 Å². The number of amides is 1. The molecule has 3 rings (SSSR count). The number of hydrogen-bond acceptors (Lipinski definition) is 3. The average molecular weight is 227 g/mol. The van der Waals surface area contributed by atoms with Gasteiger partial charge in [-0.2, -0.15) is 0 Å². The second-order valence-electron chi connectivity index (χ2n) is 4.98. The first-order valence-corrected chi connectivity index (χ1v) is 5.62. The van der Waals surface area contributed by atoms with Gasteiger partial charge in [-0.05, 0) is 38.5 Å². The van der Waals surface area contributed by atoms with Crippen molar-refractivity contribution < 1.29 is 19.4 Å². The number of carboxylic acid groups (broad SMARTS) is 1. The minimum absolute atomic E-state index is 0.218. The summed E-state index contributed by atoms with van der Waals surface area (Å²) in [5.41, 5.74) is -0.746. The monoisotopic (exact) mass is 227 g/mol. The van der Waals surface area contributed by atoms with Crippen molar-refractivity contribution in [1.29, 1.82) is 0 Å². The van der Waals surface area contributed by atoms with Gasteiger partial charge >= 0.3 is 12.1 Å². The summed E-state index contributed by atoms with van der Waals surface area (Å²) in [5, 5.41) is 12.1. The van der Waals surface area contributed by atoms with E-state index in [4.69, 9.17) is 0 Å². The highest BCUT2D eigenvalue weighted by Crippen LogP contribution is 2.52. The topological polar surface area (TPSA) is 75.6 Å². The highest BCUT2D eigenvalue weighted by molar-refractivity contribution is 5.75. The van der Waals surface area contributed by atoms with E-state index < -0.39 is 17.5 Å². The van der Waals surface area contributed by atoms with Crippen LogP contribution in [0.5, 0.6) is 0 Å². The van der Waals surface area contributed by atoms with Crippen molar-refractivity contribution in [3.8, 4) is 0 Å². The van der Waals surface area contributed by atoms with Crippen LogP contribution in [0.15, 0.2) is 0 Å². The fourth-order valence-electron chi connectivity index (χ4n) is 2.96. The molecule has 0 aromatic rings. The van der Waals surface area contributed by atoms with Crippen LogP contribution in [0.1, 0.15) is 38.5 Å². The summed E-state index contributed by atoms with van der Waals surface area (Å²) in [7, 11) is 1.35. The Hall–Kier alpha value is -1.26. The first-order chi connectivity index (χ1) is 7.52. The maximum absolute atomic E-state index is 11.2. The van der Waals surface area contributed by atoms with Crippen LogP contribution in [0.3, 0.4) is 0 Å². The molecule has 0 heterocycles. The smallest absolute Gasteiger partial charge is 0.407 e. The first kappa shape index (κ1) is 11.2. The van der Waals surface area contributed by atoms with Crippen molar-refractivity contribution in [2.75, 3.05) is 7.11 Å². The molecule has 3 fully saturated rings. The Morgan fingerprint density at radius 3 is 2.00 bits per heavy atom. The van der Waals surface area contributed by atoms with E-state index >= 15 is 0 Å². The number of methoxy groups -OCH3 is 1. The Labute approximate surface area is 94.2 Å². The largest absolute Gasteiger partial charge is 0.481 e. The molecule has 5 heteroatoms. The number of fused-ring (bicyclic) bond motifs is 3. The van der Waals surface area contributed by atoms with Gasteiger partial charge in [0, 0.05) is 5.54 Å². The third-order valence-electron chi connectivity index (χ3n) is 4.25. The molecule has 0 aliphatic heterocycles. The summed E-state index contributed by atoms with van der Waals surface area (Å²) in [4.78, 5) is 22.4. The molecule has 0 aromatic carbocycles. The minimum Gasteiger partial charge on any atom is -0.481 e. The Kier molecular flexibility index (Phi) is 2.56. The normalized spacial score (nSPS) is 36.8. The van der Waals surface area contributed by atoms with Crippen molar-refractivity contribution in [1.82, 2.24) is 5.32 Å². The number of carbonyl (C=O) groups is 2. The molecule has 3 aliphatic carbocycles. The van der Waals surface area contributed by atoms with E-state index in [-0.39, 0.29) is 5.54 Å². The Morgan fingerprint density at radius 2 is 1.62 bits per heavy atom. The van der Waals surface area contributed by atoms with Crippen LogP contribution in [0.4, 0.5) is 4.79 Å². The minimum atomic E-state index is -0.682. The third-order valence-corrected chi connectivity index (χ3v) is 4.25. The molecule has 0 saturated heterocycles. The second kappa shape index (κ2) is 3.64. The Bertz CT molecular complexity index is 301. The zero-order chi connectivity index (χ0) is 11.8. The van der Waals surface area contributed by atoms with Crippen molar-refractivity contribution in [2.45, 2.75) is 44.1 Å². The highest BCUT2D eigenvalue weighted by Gasteiger charge is 2.53. The summed E-state index contributed by atoms with van der Waals surface area (Å²) >= 11 is 0. The van der Waals surface area contributed by atoms with Gasteiger partial charge < -0.3 is 15.2 Å². The number of nitrogens with one attached hydrogen (secondary N) is 1. The predicted molar refractivity (Wildman–Crippen MR) is 56.0 cm³/mol. The van der Waals surface area contributed by atoms with E-state index in [0.29, 0.717) is 19.3 Å². The number of carboxylic acids is 1. The van der Waals surface area contributed by atoms with Crippen LogP contribution in [-0.4, -0.2) is 29.8 Å². The van der Waals surface area contributed by atoms with Gasteiger partial charge in [-0.3, -0.25) is 4.79 Å². The van der Waals surface area contributed by atoms with Crippen molar-refractivity contribution in [3.05, 3.63) is 0 Å². The summed E-state index contributed by atoms with van der Waals surface area (Å²) in [6.45, 7) is 0. The van der Waals surface area contributed by atoms with Crippen molar-refractivity contribution >= 4 is 12.1 Å². The molecular formula is C11H17NO4. The van der Waals surface area contributed by atoms with Gasteiger partial charge in [-0.1, -0.05) is 0 Å². The lowest BCUT2D eigenvalue weighted by atomic mass is 9.57. The summed E-state index contributed by atoms with van der Waals surface area (Å²) in [5.74, 6) is -0.682. The Morgan fingerprint density at radius 1 is 1.12 bits per heavy atom. The van der Waals surface area contributed by atoms with E-state index in [2.05, 4.69) is 10.1 Å². The molecular weight excluding hydrogens is 210 g/mol. The van der Waals surface area contributed by atoms with E-state index in [0.717, 1.165) is 19.3 Å². The van der Waals surface area contributed by atoms with Gasteiger partial charge in [0.1, 0.15) is 0 Å². The molecule has 5 nitrogen and oxygen atoms in total. The number of aliphatic carboxylic acids is 1. The molecule has 0 atom stereocenters. The predicted octanol–water partition coefficient (Wildman–Crippen LogP) is 1.52. The van der Waals surface area contributed by atoms with Gasteiger partial charge in [0.15, 0.2) is 0 Å². The summed E-state index contributed by atoms with van der Waals surface area (Å²) in [6, 6.07) is 0. The van der Waals surface area contributed by atoms with Crippen LogP contribution in [0, 0.1) is 5.41 Å². The zero-order valence-electron chi connectivity index (χ0n) is 9.41. The second-order valence-corrected chi connectivity index (χ2v) is 4.98. The molecule has 0 radical (unpaired) electrons. The molecule has 0 unspecified atom stereocenters. The van der Waals surface area contributed by atoms with Crippen LogP contribution < -0.4 is 5.32 Å². The van der Waals surface area contributed by atoms with E-state index in [1.807, 2.05) is 0 Å². The molecule has 1 amide bonds. The highest BCUT2D eigenvalue weighted by atomic mass is 16.5. The average Bonchev–Trinajstić information content (AvgIpc) is 2.30. The number of alkyl carbamates (subject to hydrolysis) is 1. The van der Waals surface area contributed by atoms with Crippen LogP contribution in [-0.2, 0) is 9.53 Å². The molecule has 3 saturated carbocycles. The van der Waals surface area contributed by atoms with Gasteiger partial charge in [0.05, 0.1) is 12.5 Å². The standard InChI is InChI=1S/C11H17NO4/c1-16-9(15)12-11-5-2-10(3-6-11,4-7-11)8(13)14/h2-7H2,1H3,(H,12,15)(H,13,14). The number of carbonyl (C=O) groups excluding carboxylic acids is 1. The Balaban J connectivity index is 2.05. The van der Waals surface area contributed by atoms with Gasteiger partial charge in [-0.25, -0.2) is 4.79 Å². The van der Waals surface area contributed by atoms with Crippen LogP contribution in [0.25, 0.3) is 0 Å². The summed E-state index contributed by atoms with van der Waals surface area (Å²) in [6.07, 6.45) is 3.80. The number of hydrogen-bond donors (Lipinski definition) is 2. The maximum atomic E-state index is 11.2. The SMILES string of the molecule is COC(=O)NC12CCC(C(=O)O)(CC1)CC2. The number of ether oxygens (including phenoxy) is 1. The quantitative estimate of drug-likeness (QED) is 0.750.